The van der Waals surface area contributed by atoms with Crippen LogP contribution in [0, 0.1) is 5.41 Å². The van der Waals surface area contributed by atoms with Crippen LogP contribution in [-0.2, 0) is 19.1 Å². The third kappa shape index (κ3) is 4.46. The zero-order valence-electron chi connectivity index (χ0n) is 11.1. The predicted octanol–water partition coefficient (Wildman–Crippen LogP) is -0.824. The van der Waals surface area contributed by atoms with Crippen molar-refractivity contribution in [2.75, 3.05) is 19.8 Å². The molecule has 1 fully saturated rings. The number of carboxylic acids is 2. The Kier molecular flexibility index (Phi) is 5.90. The van der Waals surface area contributed by atoms with Crippen LogP contribution in [0.1, 0.15) is 25.7 Å². The second-order valence-corrected chi connectivity index (χ2v) is 4.95. The largest absolute Gasteiger partial charge is 0.481 e. The lowest BCUT2D eigenvalue weighted by Crippen LogP contribution is -2.50. The summed E-state index contributed by atoms with van der Waals surface area (Å²) in [6.45, 7) is 0.659. The van der Waals surface area contributed by atoms with Gasteiger partial charge in [-0.15, -0.1) is 0 Å². The van der Waals surface area contributed by atoms with Crippen LogP contribution in [0.3, 0.4) is 0 Å². The Bertz CT molecular complexity index is 378. The Morgan fingerprint density at radius 2 is 1.85 bits per heavy atom. The predicted molar refractivity (Wildman–Crippen MR) is 68.0 cm³/mol. The molecule has 0 spiro atoms. The smallest absolute Gasteiger partial charge is 0.311 e. The minimum Gasteiger partial charge on any atom is -0.481 e. The number of amides is 1. The fourth-order valence-electron chi connectivity index (χ4n) is 2.03. The normalized spacial score (nSPS) is 19.1. The van der Waals surface area contributed by atoms with E-state index in [1.54, 1.807) is 0 Å². The maximum Gasteiger partial charge on any atom is 0.311 e. The van der Waals surface area contributed by atoms with E-state index in [4.69, 9.17) is 15.6 Å². The van der Waals surface area contributed by atoms with Crippen LogP contribution in [-0.4, -0.2) is 53.9 Å². The van der Waals surface area contributed by atoms with E-state index in [9.17, 15) is 19.5 Å². The van der Waals surface area contributed by atoms with Crippen molar-refractivity contribution >= 4 is 17.8 Å². The molecule has 8 nitrogen and oxygen atoms in total. The van der Waals surface area contributed by atoms with Gasteiger partial charge in [0.15, 0.2) is 0 Å². The highest BCUT2D eigenvalue weighted by Crippen LogP contribution is 2.30. The van der Waals surface area contributed by atoms with Crippen LogP contribution < -0.4 is 11.1 Å². The molecule has 8 heteroatoms. The van der Waals surface area contributed by atoms with Gasteiger partial charge in [0.25, 0.3) is 0 Å². The van der Waals surface area contributed by atoms with Crippen molar-refractivity contribution in [2.24, 2.45) is 11.1 Å². The second-order valence-electron chi connectivity index (χ2n) is 4.95. The fraction of sp³-hybridized carbons (Fsp3) is 0.750. The van der Waals surface area contributed by atoms with Crippen molar-refractivity contribution in [2.45, 2.75) is 31.7 Å². The first-order valence-corrected chi connectivity index (χ1v) is 6.43. The minimum absolute atomic E-state index is 0.0182. The van der Waals surface area contributed by atoms with Gasteiger partial charge in [-0.1, -0.05) is 0 Å². The molecule has 0 aromatic heterocycles. The highest BCUT2D eigenvalue weighted by Gasteiger charge is 2.40. The number of hydrogen-bond donors (Lipinski definition) is 4. The minimum atomic E-state index is -1.03. The second kappa shape index (κ2) is 7.20. The van der Waals surface area contributed by atoms with Crippen molar-refractivity contribution < 1.29 is 29.3 Å². The summed E-state index contributed by atoms with van der Waals surface area (Å²) >= 11 is 0. The number of rotatable bonds is 7. The van der Waals surface area contributed by atoms with Gasteiger partial charge in [-0.05, 0) is 19.3 Å². The van der Waals surface area contributed by atoms with E-state index in [1.807, 2.05) is 0 Å². The zero-order valence-corrected chi connectivity index (χ0v) is 11.1. The van der Waals surface area contributed by atoms with Crippen molar-refractivity contribution in [3.05, 3.63) is 0 Å². The van der Waals surface area contributed by atoms with E-state index < -0.39 is 29.3 Å². The molecule has 20 heavy (non-hydrogen) atoms. The van der Waals surface area contributed by atoms with Gasteiger partial charge >= 0.3 is 11.9 Å². The monoisotopic (exact) mass is 288 g/mol. The van der Waals surface area contributed by atoms with Gasteiger partial charge in [-0.2, -0.15) is 0 Å². The summed E-state index contributed by atoms with van der Waals surface area (Å²) in [6.07, 6.45) is 0.469. The molecule has 1 saturated heterocycles. The molecule has 0 aromatic carbocycles. The molecule has 0 radical (unpaired) electrons. The third-order valence-electron chi connectivity index (χ3n) is 3.51. The Hall–Kier alpha value is -1.67. The maximum atomic E-state index is 11.7. The molecule has 1 heterocycles. The van der Waals surface area contributed by atoms with Crippen molar-refractivity contribution in [1.29, 1.82) is 0 Å². The molecule has 1 amide bonds. The van der Waals surface area contributed by atoms with Gasteiger partial charge in [0, 0.05) is 26.2 Å². The average Bonchev–Trinajstić information content (AvgIpc) is 2.42. The van der Waals surface area contributed by atoms with Crippen LogP contribution in [0.4, 0.5) is 0 Å². The Morgan fingerprint density at radius 3 is 2.35 bits per heavy atom. The molecular formula is C12H20N2O6. The van der Waals surface area contributed by atoms with Gasteiger partial charge in [-0.25, -0.2) is 0 Å². The van der Waals surface area contributed by atoms with Crippen molar-refractivity contribution in [3.63, 3.8) is 0 Å². The van der Waals surface area contributed by atoms with E-state index in [0.717, 1.165) is 0 Å². The van der Waals surface area contributed by atoms with Crippen LogP contribution in [0.25, 0.3) is 0 Å². The van der Waals surface area contributed by atoms with Crippen LogP contribution in [0.15, 0.2) is 0 Å². The first-order chi connectivity index (χ1) is 9.37. The zero-order chi connectivity index (χ0) is 15.2. The maximum absolute atomic E-state index is 11.7. The highest BCUT2D eigenvalue weighted by molar-refractivity contribution is 5.83. The molecule has 1 aliphatic heterocycles. The summed E-state index contributed by atoms with van der Waals surface area (Å²) < 4.78 is 5.13. The summed E-state index contributed by atoms with van der Waals surface area (Å²) in [6, 6.07) is -0.947. The SMILES string of the molecule is NC(CCC(=O)O)C(=O)NCC1(C(=O)O)CCOCC1. The lowest BCUT2D eigenvalue weighted by molar-refractivity contribution is -0.154. The van der Waals surface area contributed by atoms with Gasteiger partial charge < -0.3 is 26.0 Å². The summed E-state index contributed by atoms with van der Waals surface area (Å²) in [7, 11) is 0. The van der Waals surface area contributed by atoms with Gasteiger partial charge in [0.05, 0.1) is 11.5 Å². The number of hydrogen-bond acceptors (Lipinski definition) is 5. The van der Waals surface area contributed by atoms with Gasteiger partial charge in [0.1, 0.15) is 0 Å². The van der Waals surface area contributed by atoms with Crippen molar-refractivity contribution in [1.82, 2.24) is 5.32 Å². The van der Waals surface area contributed by atoms with E-state index in [2.05, 4.69) is 5.32 Å². The van der Waals surface area contributed by atoms with Gasteiger partial charge in [0.2, 0.25) is 5.91 Å². The molecule has 0 aromatic rings. The van der Waals surface area contributed by atoms with Gasteiger partial charge in [-0.3, -0.25) is 14.4 Å². The Balaban J connectivity index is 2.48. The number of aliphatic carboxylic acids is 2. The molecule has 0 saturated carbocycles. The standard InChI is InChI=1S/C12H20N2O6/c13-8(1-2-9(15)16)10(17)14-7-12(11(18)19)3-5-20-6-4-12/h8H,1-7,13H2,(H,14,17)(H,15,16)(H,18,19). The number of ether oxygens (including phenoxy) is 1. The van der Waals surface area contributed by atoms with E-state index in [0.29, 0.717) is 26.1 Å². The number of carboxylic acid groups (broad SMARTS) is 2. The fourth-order valence-corrected chi connectivity index (χ4v) is 2.03. The molecule has 5 N–H and O–H groups in total. The first kappa shape index (κ1) is 16.4. The molecule has 1 aliphatic rings. The lowest BCUT2D eigenvalue weighted by atomic mass is 9.80. The molecule has 114 valence electrons. The number of carbonyl (C=O) groups excluding carboxylic acids is 1. The van der Waals surface area contributed by atoms with Crippen LogP contribution in [0.2, 0.25) is 0 Å². The summed E-state index contributed by atoms with van der Waals surface area (Å²) in [5, 5.41) is 20.3. The number of carbonyl (C=O) groups is 3. The Labute approximate surface area is 116 Å². The number of nitrogens with two attached hydrogens (primary N) is 1. The van der Waals surface area contributed by atoms with Crippen LogP contribution in [0.5, 0.6) is 0 Å². The molecule has 1 unspecified atom stereocenters. The first-order valence-electron chi connectivity index (χ1n) is 6.43. The highest BCUT2D eigenvalue weighted by atomic mass is 16.5. The van der Waals surface area contributed by atoms with E-state index in [-0.39, 0.29) is 19.4 Å². The molecule has 1 rings (SSSR count). The lowest BCUT2D eigenvalue weighted by Gasteiger charge is -2.33. The quantitative estimate of drug-likeness (QED) is 0.479. The molecule has 1 atom stereocenters. The average molecular weight is 288 g/mol. The summed E-state index contributed by atoms with van der Waals surface area (Å²) in [5.41, 5.74) is 4.53. The summed E-state index contributed by atoms with van der Waals surface area (Å²) in [5.74, 6) is -2.53. The molecular weight excluding hydrogens is 268 g/mol. The van der Waals surface area contributed by atoms with Crippen molar-refractivity contribution in [3.8, 4) is 0 Å². The third-order valence-corrected chi connectivity index (χ3v) is 3.51. The van der Waals surface area contributed by atoms with E-state index in [1.165, 1.54) is 0 Å². The molecule has 0 bridgehead atoms. The topological polar surface area (TPSA) is 139 Å². The number of nitrogens with one attached hydrogen (secondary N) is 1. The Morgan fingerprint density at radius 1 is 1.25 bits per heavy atom. The molecule has 0 aliphatic carbocycles. The van der Waals surface area contributed by atoms with Crippen LogP contribution >= 0.6 is 0 Å². The van der Waals surface area contributed by atoms with E-state index >= 15 is 0 Å². The summed E-state index contributed by atoms with van der Waals surface area (Å²) in [4.78, 5) is 33.5.